The number of carbonyl (C=O) groups is 1. The van der Waals surface area contributed by atoms with Crippen molar-refractivity contribution in [1.29, 1.82) is 0 Å². The Morgan fingerprint density at radius 1 is 1.42 bits per heavy atom. The van der Waals surface area contributed by atoms with Crippen LogP contribution in [0.3, 0.4) is 0 Å². The molecule has 0 spiro atoms. The zero-order valence-electron chi connectivity index (χ0n) is 13.5. The van der Waals surface area contributed by atoms with Gasteiger partial charge in [0, 0.05) is 6.07 Å². The summed E-state index contributed by atoms with van der Waals surface area (Å²) >= 11 is 1.48. The predicted octanol–water partition coefficient (Wildman–Crippen LogP) is -1.54. The Morgan fingerprint density at radius 3 is 2.62 bits per heavy atom. The standard InChI is InChI=1S/C8H11N3O3S.C7H6O3.H2O/c9-5-1-2-11(8(13)10-5)6-4-15-7(3-12)14-6;8-6-4-2-1-3-5(6)7(9)10;/h1-2,6-7,12H,3-4H2,(H2,9,10,13);1-4,8H,(H,9,10);1H2/t6-,7+;;/m0../s1. The Hall–Kier alpha value is -2.60. The van der Waals surface area contributed by atoms with E-state index in [1.54, 1.807) is 12.3 Å². The summed E-state index contributed by atoms with van der Waals surface area (Å²) in [6.45, 7) is -0.0470. The summed E-state index contributed by atoms with van der Waals surface area (Å²) in [5.74, 6) is -0.663. The first-order valence-corrected chi connectivity index (χ1v) is 8.24. The summed E-state index contributed by atoms with van der Waals surface area (Å²) in [6, 6.07) is 7.13. The highest BCUT2D eigenvalue weighted by atomic mass is 32.2. The van der Waals surface area contributed by atoms with Crippen LogP contribution in [0.2, 0.25) is 0 Å². The molecule has 1 aromatic heterocycles. The lowest BCUT2D eigenvalue weighted by molar-refractivity contribution is -0.770. The number of ether oxygens (including phenoxy) is 1. The summed E-state index contributed by atoms with van der Waals surface area (Å²) in [6.07, 6.45) is 1.25. The Kier molecular flexibility index (Phi) is 8.06. The van der Waals surface area contributed by atoms with E-state index >= 15 is 0 Å². The SMILES string of the molecule is Nc1cc[n+]([C@@H]2CS[C@H](CO)O2)c(=O)[nH]1.O.O=C(O)c1ccccc1[O-]. The number of rotatable bonds is 3. The molecule has 0 unspecified atom stereocenters. The van der Waals surface area contributed by atoms with E-state index < -0.39 is 11.7 Å². The molecule has 10 nitrogen and oxygen atoms in total. The number of hydrogen-bond acceptors (Lipinski definition) is 7. The Labute approximate surface area is 152 Å². The molecule has 1 aromatic carbocycles. The lowest BCUT2D eigenvalue weighted by atomic mass is 10.2. The van der Waals surface area contributed by atoms with Gasteiger partial charge in [0.1, 0.15) is 11.6 Å². The molecule has 0 aliphatic carbocycles. The highest BCUT2D eigenvalue weighted by molar-refractivity contribution is 8.00. The third kappa shape index (κ3) is 5.46. The summed E-state index contributed by atoms with van der Waals surface area (Å²) in [5.41, 5.74) is 4.69. The van der Waals surface area contributed by atoms with Gasteiger partial charge in [-0.1, -0.05) is 23.9 Å². The van der Waals surface area contributed by atoms with Crippen LogP contribution in [0.1, 0.15) is 16.6 Å². The molecule has 0 amide bonds. The lowest BCUT2D eigenvalue weighted by Crippen LogP contribution is -2.55. The van der Waals surface area contributed by atoms with Crippen LogP contribution in [0.5, 0.6) is 5.75 Å². The van der Waals surface area contributed by atoms with Gasteiger partial charge in [0.25, 0.3) is 0 Å². The maximum atomic E-state index is 11.5. The fourth-order valence-electron chi connectivity index (χ4n) is 2.01. The largest absolute Gasteiger partial charge is 0.872 e. The van der Waals surface area contributed by atoms with E-state index in [2.05, 4.69) is 4.98 Å². The van der Waals surface area contributed by atoms with Crippen molar-refractivity contribution in [2.24, 2.45) is 0 Å². The van der Waals surface area contributed by atoms with Crippen LogP contribution in [-0.2, 0) is 4.74 Å². The van der Waals surface area contributed by atoms with E-state index in [1.807, 2.05) is 0 Å². The highest BCUT2D eigenvalue weighted by Gasteiger charge is 2.31. The third-order valence-electron chi connectivity index (χ3n) is 3.21. The zero-order valence-corrected chi connectivity index (χ0v) is 14.3. The maximum absolute atomic E-state index is 11.5. The van der Waals surface area contributed by atoms with Gasteiger partial charge in [-0.05, 0) is 6.07 Å². The molecule has 1 fully saturated rings. The molecular weight excluding hydrogens is 366 g/mol. The van der Waals surface area contributed by atoms with Gasteiger partial charge in [-0.15, -0.1) is 11.8 Å². The molecule has 0 saturated carbocycles. The molecule has 26 heavy (non-hydrogen) atoms. The van der Waals surface area contributed by atoms with Crippen LogP contribution in [-0.4, -0.2) is 44.4 Å². The number of aromatic nitrogens is 2. The van der Waals surface area contributed by atoms with Crippen LogP contribution < -0.4 is 21.1 Å². The van der Waals surface area contributed by atoms with Crippen molar-refractivity contribution >= 4 is 23.5 Å². The molecule has 142 valence electrons. The highest BCUT2D eigenvalue weighted by Crippen LogP contribution is 2.27. The van der Waals surface area contributed by atoms with E-state index in [0.29, 0.717) is 11.6 Å². The van der Waals surface area contributed by atoms with Crippen LogP contribution in [0.15, 0.2) is 41.3 Å². The number of hydrogen-bond donors (Lipinski definition) is 4. The number of aliphatic hydroxyl groups is 1. The van der Waals surface area contributed by atoms with Gasteiger partial charge >= 0.3 is 11.7 Å². The van der Waals surface area contributed by atoms with Crippen molar-refractivity contribution in [3.05, 3.63) is 52.6 Å². The average molecular weight is 385 g/mol. The van der Waals surface area contributed by atoms with E-state index in [-0.39, 0.29) is 35.0 Å². The molecule has 3 rings (SSSR count). The quantitative estimate of drug-likeness (QED) is 0.458. The van der Waals surface area contributed by atoms with Crippen molar-refractivity contribution in [3.63, 3.8) is 0 Å². The van der Waals surface area contributed by atoms with Crippen LogP contribution >= 0.6 is 11.8 Å². The molecule has 11 heteroatoms. The minimum atomic E-state index is -1.18. The number of aromatic carboxylic acids is 1. The second-order valence-corrected chi connectivity index (χ2v) is 6.14. The summed E-state index contributed by atoms with van der Waals surface area (Å²) in [5, 5.41) is 27.9. The number of carboxylic acids is 1. The van der Waals surface area contributed by atoms with Gasteiger partial charge in [-0.25, -0.2) is 4.79 Å². The number of nitrogens with two attached hydrogens (primary N) is 1. The number of nitrogens with zero attached hydrogens (tertiary/aromatic N) is 1. The van der Waals surface area contributed by atoms with Gasteiger partial charge in [-0.3, -0.25) is 0 Å². The first-order chi connectivity index (χ1) is 11.9. The van der Waals surface area contributed by atoms with Crippen molar-refractivity contribution in [2.75, 3.05) is 18.1 Å². The molecule has 1 aliphatic rings. The van der Waals surface area contributed by atoms with E-state index in [9.17, 15) is 14.7 Å². The Balaban J connectivity index is 0.000000270. The number of H-pyrrole nitrogens is 1. The second-order valence-electron chi connectivity index (χ2n) is 4.95. The number of anilines is 1. The van der Waals surface area contributed by atoms with Crippen molar-refractivity contribution in [2.45, 2.75) is 11.7 Å². The average Bonchev–Trinajstić information content (AvgIpc) is 3.04. The smallest absolute Gasteiger partial charge is 0.499 e. The Morgan fingerprint density at radius 2 is 2.12 bits per heavy atom. The first kappa shape index (κ1) is 21.4. The number of thioether (sulfide) groups is 1. The molecule has 0 radical (unpaired) electrons. The number of benzene rings is 1. The minimum Gasteiger partial charge on any atom is -0.872 e. The summed E-state index contributed by atoms with van der Waals surface area (Å²) < 4.78 is 6.86. The number of aliphatic hydroxyl groups excluding tert-OH is 1. The van der Waals surface area contributed by atoms with Gasteiger partial charge < -0.3 is 31.3 Å². The molecular formula is C15H19N3O7S. The van der Waals surface area contributed by atoms with Crippen molar-refractivity contribution < 1.29 is 34.9 Å². The fourth-order valence-corrected chi connectivity index (χ4v) is 2.94. The topological polar surface area (TPSA) is 184 Å². The number of aromatic amines is 1. The van der Waals surface area contributed by atoms with E-state index in [1.165, 1.54) is 40.6 Å². The lowest BCUT2D eigenvalue weighted by Gasteiger charge is -2.07. The molecule has 1 aliphatic heterocycles. The first-order valence-electron chi connectivity index (χ1n) is 7.19. The number of nitrogens with one attached hydrogen (secondary N) is 1. The molecule has 2 aromatic rings. The van der Waals surface area contributed by atoms with Gasteiger partial charge in [0.05, 0.1) is 17.9 Å². The Bertz CT molecular complexity index is 799. The molecule has 1 saturated heterocycles. The normalized spacial score (nSPS) is 18.3. The second kappa shape index (κ2) is 9.77. The number of carboxylic acid groups (broad SMARTS) is 1. The maximum Gasteiger partial charge on any atom is 0.499 e. The fraction of sp³-hybridized carbons (Fsp3) is 0.267. The van der Waals surface area contributed by atoms with E-state index in [4.69, 9.17) is 20.7 Å². The third-order valence-corrected chi connectivity index (χ3v) is 4.32. The monoisotopic (exact) mass is 385 g/mol. The summed E-state index contributed by atoms with van der Waals surface area (Å²) in [4.78, 5) is 24.2. The molecule has 0 bridgehead atoms. The predicted molar refractivity (Wildman–Crippen MR) is 91.6 cm³/mol. The molecule has 2 atom stereocenters. The zero-order chi connectivity index (χ0) is 18.4. The van der Waals surface area contributed by atoms with Crippen molar-refractivity contribution in [1.82, 2.24) is 4.98 Å². The van der Waals surface area contributed by atoms with E-state index in [0.717, 1.165) is 0 Å². The number of para-hydroxylation sites is 1. The molecule has 7 N–H and O–H groups in total. The number of nitrogen functional groups attached to an aromatic ring is 1. The van der Waals surface area contributed by atoms with Gasteiger partial charge in [-0.2, -0.15) is 14.3 Å². The molecule has 2 heterocycles. The van der Waals surface area contributed by atoms with Crippen LogP contribution in [0, 0.1) is 0 Å². The van der Waals surface area contributed by atoms with Crippen LogP contribution in [0.4, 0.5) is 5.82 Å². The van der Waals surface area contributed by atoms with Gasteiger partial charge in [0.15, 0.2) is 5.82 Å². The minimum absolute atomic E-state index is 0. The van der Waals surface area contributed by atoms with Crippen LogP contribution in [0.25, 0.3) is 0 Å². The van der Waals surface area contributed by atoms with Gasteiger partial charge in [0.2, 0.25) is 6.23 Å². The van der Waals surface area contributed by atoms with Crippen molar-refractivity contribution in [3.8, 4) is 5.75 Å². The summed E-state index contributed by atoms with van der Waals surface area (Å²) in [7, 11) is 0.